The van der Waals surface area contributed by atoms with Crippen LogP contribution in [0.4, 0.5) is 0 Å². The molecule has 2 heteroatoms. The minimum atomic E-state index is 0.970. The molecule has 0 fully saturated rings. The van der Waals surface area contributed by atoms with Crippen molar-refractivity contribution in [3.8, 4) is 0 Å². The minimum absolute atomic E-state index is 0.970. The predicted octanol–water partition coefficient (Wildman–Crippen LogP) is 3.93. The van der Waals surface area contributed by atoms with Crippen molar-refractivity contribution in [1.29, 1.82) is 0 Å². The van der Waals surface area contributed by atoms with Crippen LogP contribution in [0.1, 0.15) is 44.5 Å². The zero-order chi connectivity index (χ0) is 11.8. The summed E-state index contributed by atoms with van der Waals surface area (Å²) in [5.41, 5.74) is 3.15. The van der Waals surface area contributed by atoms with Gasteiger partial charge in [-0.25, -0.2) is 4.98 Å². The molecule has 1 aromatic heterocycles. The van der Waals surface area contributed by atoms with Gasteiger partial charge in [0.2, 0.25) is 0 Å². The van der Waals surface area contributed by atoms with Crippen molar-refractivity contribution in [3.05, 3.63) is 42.0 Å². The van der Waals surface area contributed by atoms with Gasteiger partial charge in [-0.2, -0.15) is 0 Å². The second kappa shape index (κ2) is 6.94. The van der Waals surface area contributed by atoms with Crippen LogP contribution in [0.25, 0.3) is 5.57 Å². The molecule has 0 radical (unpaired) electrons. The lowest BCUT2D eigenvalue weighted by Gasteiger charge is -2.05. The Morgan fingerprint density at radius 3 is 2.50 bits per heavy atom. The highest BCUT2D eigenvalue weighted by molar-refractivity contribution is 5.71. The largest absolute Gasteiger partial charge is 0.261 e. The van der Waals surface area contributed by atoms with Crippen LogP contribution < -0.4 is 0 Å². The van der Waals surface area contributed by atoms with Gasteiger partial charge in [0.1, 0.15) is 0 Å². The maximum Gasteiger partial charge on any atom is 0.0885 e. The number of allylic oxidation sites excluding steroid dienone is 4. The van der Waals surface area contributed by atoms with Crippen LogP contribution in [0.5, 0.6) is 0 Å². The molecule has 1 heterocycles. The Bertz CT molecular complexity index is 378. The molecule has 1 aliphatic carbocycles. The Hall–Kier alpha value is -1.44. The average molecular weight is 216 g/mol. The van der Waals surface area contributed by atoms with E-state index in [9.17, 15) is 0 Å². The lowest BCUT2D eigenvalue weighted by molar-refractivity contribution is 1.03. The van der Waals surface area contributed by atoms with Crippen molar-refractivity contribution in [2.75, 3.05) is 0 Å². The van der Waals surface area contributed by atoms with Gasteiger partial charge >= 0.3 is 0 Å². The van der Waals surface area contributed by atoms with Crippen LogP contribution in [-0.4, -0.2) is 9.97 Å². The quantitative estimate of drug-likeness (QED) is 0.710. The molecule has 2 rings (SSSR count). The molecule has 0 saturated heterocycles. The maximum absolute atomic E-state index is 4.41. The molecule has 1 aromatic rings. The normalized spacial score (nSPS) is 13.8. The first-order chi connectivity index (χ1) is 7.77. The first-order valence-electron chi connectivity index (χ1n) is 5.93. The minimum Gasteiger partial charge on any atom is -0.261 e. The number of hydrogen-bond acceptors (Lipinski definition) is 2. The molecular formula is C14H20N2. The van der Waals surface area contributed by atoms with Crippen molar-refractivity contribution >= 4 is 5.57 Å². The summed E-state index contributed by atoms with van der Waals surface area (Å²) in [5.74, 6) is 0. The number of hydrogen-bond donors (Lipinski definition) is 0. The zero-order valence-corrected chi connectivity index (χ0v) is 10.4. The summed E-state index contributed by atoms with van der Waals surface area (Å²) in [6.45, 7) is 6.21. The summed E-state index contributed by atoms with van der Waals surface area (Å²) in [6, 6.07) is 0. The molecule has 0 atom stereocenters. The van der Waals surface area contributed by atoms with E-state index < -0.39 is 0 Å². The molecule has 0 N–H and O–H groups in total. The number of aromatic nitrogens is 2. The van der Waals surface area contributed by atoms with Crippen LogP contribution in [0.3, 0.4) is 0 Å². The van der Waals surface area contributed by atoms with E-state index in [4.69, 9.17) is 0 Å². The molecule has 1 aliphatic rings. The standard InChI is InChI=1S/C11H12N2.C3H8/c1-9-7-12-8-11(13-9)10-5-3-2-4-6-10;1-3-2/h3,5-8H,2,4H2,1H3;3H2,1-2H3. The summed E-state index contributed by atoms with van der Waals surface area (Å²) in [4.78, 5) is 8.54. The molecule has 0 amide bonds. The molecule has 0 aromatic carbocycles. The van der Waals surface area contributed by atoms with Gasteiger partial charge in [0.05, 0.1) is 17.6 Å². The van der Waals surface area contributed by atoms with Crippen LogP contribution in [0, 0.1) is 6.92 Å². The average Bonchev–Trinajstić information content (AvgIpc) is 2.31. The molecule has 2 nitrogen and oxygen atoms in total. The van der Waals surface area contributed by atoms with Crippen molar-refractivity contribution in [3.63, 3.8) is 0 Å². The molecular weight excluding hydrogens is 196 g/mol. The third-order valence-corrected chi connectivity index (χ3v) is 2.05. The van der Waals surface area contributed by atoms with Gasteiger partial charge in [0.25, 0.3) is 0 Å². The highest BCUT2D eigenvalue weighted by Gasteiger charge is 2.02. The lowest BCUT2D eigenvalue weighted by atomic mass is 10.0. The van der Waals surface area contributed by atoms with Crippen LogP contribution in [0.2, 0.25) is 0 Å². The second-order valence-corrected chi connectivity index (χ2v) is 3.89. The van der Waals surface area contributed by atoms with Gasteiger partial charge in [-0.3, -0.25) is 4.98 Å². The molecule has 0 bridgehead atoms. The van der Waals surface area contributed by atoms with E-state index in [2.05, 4.69) is 42.0 Å². The van der Waals surface area contributed by atoms with E-state index in [0.717, 1.165) is 24.2 Å². The van der Waals surface area contributed by atoms with Crippen LogP contribution in [-0.2, 0) is 0 Å². The van der Waals surface area contributed by atoms with Gasteiger partial charge in [-0.05, 0) is 25.3 Å². The number of nitrogens with zero attached hydrogens (tertiary/aromatic N) is 2. The maximum atomic E-state index is 4.41. The van der Waals surface area contributed by atoms with Gasteiger partial charge in [0, 0.05) is 6.20 Å². The van der Waals surface area contributed by atoms with Crippen molar-refractivity contribution in [2.45, 2.75) is 40.0 Å². The Morgan fingerprint density at radius 2 is 1.94 bits per heavy atom. The van der Waals surface area contributed by atoms with E-state index in [1.165, 1.54) is 12.0 Å². The summed E-state index contributed by atoms with van der Waals surface area (Å²) < 4.78 is 0. The van der Waals surface area contributed by atoms with Crippen molar-refractivity contribution in [1.82, 2.24) is 9.97 Å². The number of aryl methyl sites for hydroxylation is 1. The van der Waals surface area contributed by atoms with E-state index in [0.29, 0.717) is 0 Å². The molecule has 0 saturated carbocycles. The summed E-state index contributed by atoms with van der Waals surface area (Å²) >= 11 is 0. The molecule has 0 aliphatic heterocycles. The van der Waals surface area contributed by atoms with E-state index in [-0.39, 0.29) is 0 Å². The fraction of sp³-hybridized carbons (Fsp3) is 0.429. The first kappa shape index (κ1) is 12.6. The lowest BCUT2D eigenvalue weighted by Crippen LogP contribution is -1.93. The van der Waals surface area contributed by atoms with Gasteiger partial charge < -0.3 is 0 Å². The van der Waals surface area contributed by atoms with Crippen molar-refractivity contribution in [2.24, 2.45) is 0 Å². The molecule has 0 unspecified atom stereocenters. The van der Waals surface area contributed by atoms with Crippen LogP contribution >= 0.6 is 0 Å². The Morgan fingerprint density at radius 1 is 1.19 bits per heavy atom. The Labute approximate surface area is 98.1 Å². The van der Waals surface area contributed by atoms with Gasteiger partial charge in [-0.1, -0.05) is 38.5 Å². The topological polar surface area (TPSA) is 25.8 Å². The molecule has 16 heavy (non-hydrogen) atoms. The van der Waals surface area contributed by atoms with Gasteiger partial charge in [-0.15, -0.1) is 0 Å². The zero-order valence-electron chi connectivity index (χ0n) is 10.4. The Balaban J connectivity index is 0.000000386. The number of rotatable bonds is 1. The third kappa shape index (κ3) is 3.97. The Kier molecular flexibility index (Phi) is 5.48. The SMILES string of the molecule is CCC.Cc1cncc(C2=CCCC=C2)n1. The third-order valence-electron chi connectivity index (χ3n) is 2.05. The molecule has 0 spiro atoms. The fourth-order valence-corrected chi connectivity index (χ4v) is 1.41. The smallest absolute Gasteiger partial charge is 0.0885 e. The van der Waals surface area contributed by atoms with E-state index >= 15 is 0 Å². The van der Waals surface area contributed by atoms with E-state index in [1.807, 2.05) is 13.1 Å². The second-order valence-electron chi connectivity index (χ2n) is 3.89. The predicted molar refractivity (Wildman–Crippen MR) is 69.1 cm³/mol. The van der Waals surface area contributed by atoms with Crippen LogP contribution in [0.15, 0.2) is 30.6 Å². The van der Waals surface area contributed by atoms with E-state index in [1.54, 1.807) is 6.20 Å². The monoisotopic (exact) mass is 216 g/mol. The van der Waals surface area contributed by atoms with Gasteiger partial charge in [0.15, 0.2) is 0 Å². The highest BCUT2D eigenvalue weighted by Crippen LogP contribution is 2.18. The first-order valence-corrected chi connectivity index (χ1v) is 5.93. The molecule has 86 valence electrons. The fourth-order valence-electron chi connectivity index (χ4n) is 1.41. The highest BCUT2D eigenvalue weighted by atomic mass is 14.8. The summed E-state index contributed by atoms with van der Waals surface area (Å²) in [5, 5.41) is 0. The summed E-state index contributed by atoms with van der Waals surface area (Å²) in [6.07, 6.45) is 13.6. The summed E-state index contributed by atoms with van der Waals surface area (Å²) in [7, 11) is 0. The van der Waals surface area contributed by atoms with Crippen molar-refractivity contribution < 1.29 is 0 Å².